The van der Waals surface area contributed by atoms with Gasteiger partial charge in [-0.1, -0.05) is 0 Å². The molecule has 0 bridgehead atoms. The first kappa shape index (κ1) is 9.10. The van der Waals surface area contributed by atoms with Gasteiger partial charge < -0.3 is 4.46 Å². The molecule has 0 aliphatic heterocycles. The van der Waals surface area contributed by atoms with Crippen LogP contribution in [-0.4, -0.2) is 17.8 Å². The van der Waals surface area contributed by atoms with E-state index in [0.29, 0.717) is 0 Å². The topological polar surface area (TPSA) is 34.1 Å². The first-order chi connectivity index (χ1) is 2.00. The third-order valence-corrected chi connectivity index (χ3v) is 0. The number of hydrogen-bond donors (Lipinski definition) is 0. The second kappa shape index (κ2) is 731. The van der Waals surface area contributed by atoms with Gasteiger partial charge in [-0.25, -0.2) is 0 Å². The van der Waals surface area contributed by atoms with E-state index in [4.69, 9.17) is 9.17 Å². The predicted octanol–water partition coefficient (Wildman–Crippen LogP) is -0.999. The van der Waals surface area contributed by atoms with Crippen LogP contribution in [0.25, 0.3) is 0 Å². The van der Waals surface area contributed by atoms with E-state index in [1.807, 2.05) is 0 Å². The Morgan fingerprint density at radius 1 is 1.25 bits per heavy atom. The van der Waals surface area contributed by atoms with Gasteiger partial charge in [-0.2, -0.15) is 0 Å². The SMILES string of the molecule is O=[Si].[B]=O. The van der Waals surface area contributed by atoms with Crippen LogP contribution in [0.15, 0.2) is 0 Å². The van der Waals surface area contributed by atoms with E-state index in [0.717, 1.165) is 0 Å². The Kier molecular flexibility index (Phi) is 1660. The number of rotatable bonds is 0. The molecule has 0 amide bonds. The van der Waals surface area contributed by atoms with Crippen molar-refractivity contribution >= 4 is 17.8 Å². The molecule has 0 aromatic heterocycles. The van der Waals surface area contributed by atoms with Gasteiger partial charge in [0.05, 0.1) is 0 Å². The van der Waals surface area contributed by atoms with Gasteiger partial charge in [0.2, 0.25) is 0 Å². The molecular formula is BO2Si. The van der Waals surface area contributed by atoms with Gasteiger partial charge >= 0.3 is 22.6 Å². The molecule has 2 nitrogen and oxygen atoms in total. The van der Waals surface area contributed by atoms with Crippen LogP contribution in [0, 0.1) is 0 Å². The van der Waals surface area contributed by atoms with Crippen molar-refractivity contribution in [2.75, 3.05) is 0 Å². The van der Waals surface area contributed by atoms with E-state index in [2.05, 4.69) is 7.72 Å². The molecule has 0 heterocycles. The van der Waals surface area contributed by atoms with E-state index in [9.17, 15) is 0 Å². The molecule has 0 aromatic rings. The fourth-order valence-corrected chi connectivity index (χ4v) is 0. The van der Waals surface area contributed by atoms with Gasteiger partial charge in [0, 0.05) is 0 Å². The molecular weight excluding hydrogens is 70.9 g/mol. The summed E-state index contributed by atoms with van der Waals surface area (Å²) in [5.74, 6) is 0. The third kappa shape index (κ3) is 105. The van der Waals surface area contributed by atoms with Gasteiger partial charge in [0.1, 0.15) is 0 Å². The van der Waals surface area contributed by atoms with E-state index >= 15 is 0 Å². The Balaban J connectivity index is 0. The molecule has 19 valence electrons. The molecule has 0 aliphatic rings. The van der Waals surface area contributed by atoms with Crippen LogP contribution in [0.3, 0.4) is 0 Å². The summed E-state index contributed by atoms with van der Waals surface area (Å²) in [4.78, 5) is 0. The van der Waals surface area contributed by atoms with Crippen LogP contribution >= 0.6 is 0 Å². The van der Waals surface area contributed by atoms with Crippen LogP contribution in [0.2, 0.25) is 0 Å². The Bertz CT molecular complexity index is 8.00. The van der Waals surface area contributed by atoms with Gasteiger partial charge in [0.25, 0.3) is 0 Å². The Morgan fingerprint density at radius 2 is 1.25 bits per heavy atom. The van der Waals surface area contributed by atoms with E-state index < -0.39 is 0 Å². The van der Waals surface area contributed by atoms with Gasteiger partial charge in [0.15, 0.2) is 0 Å². The molecule has 0 N–H and O–H groups in total. The molecule has 0 rings (SSSR count). The quantitative estimate of drug-likeness (QED) is 0.343. The van der Waals surface area contributed by atoms with Crippen LogP contribution in [0.5, 0.6) is 0 Å². The molecule has 4 heavy (non-hydrogen) atoms. The normalized spacial score (nSPS) is 1.75. The summed E-state index contributed by atoms with van der Waals surface area (Å²) in [5, 5.41) is 0. The van der Waals surface area contributed by atoms with Crippen LogP contribution in [0.1, 0.15) is 0 Å². The minimum atomic E-state index is 1.72. The summed E-state index contributed by atoms with van der Waals surface area (Å²) in [6.07, 6.45) is 0. The zero-order chi connectivity index (χ0) is 4.00. The van der Waals surface area contributed by atoms with Gasteiger partial charge in [-0.15, -0.1) is 0 Å². The molecule has 4 heteroatoms. The molecule has 0 saturated carbocycles. The van der Waals surface area contributed by atoms with Crippen molar-refractivity contribution in [2.45, 2.75) is 0 Å². The average molecular weight is 70.9 g/mol. The molecule has 0 saturated heterocycles. The summed E-state index contributed by atoms with van der Waals surface area (Å²) in [6, 6.07) is 0. The van der Waals surface area contributed by atoms with Crippen molar-refractivity contribution in [2.24, 2.45) is 0 Å². The van der Waals surface area contributed by atoms with E-state index in [1.54, 1.807) is 10.1 Å². The zero-order valence-electron chi connectivity index (χ0n) is 1.89. The van der Waals surface area contributed by atoms with Crippen LogP contribution < -0.4 is 0 Å². The predicted molar refractivity (Wildman–Crippen MR) is 12.9 cm³/mol. The Hall–Kier alpha value is -0.118. The monoisotopic (exact) mass is 71.0 g/mol. The van der Waals surface area contributed by atoms with Crippen molar-refractivity contribution < 1.29 is 9.17 Å². The summed E-state index contributed by atoms with van der Waals surface area (Å²) in [6.45, 7) is 0. The molecule has 0 unspecified atom stereocenters. The van der Waals surface area contributed by atoms with E-state index in [-0.39, 0.29) is 0 Å². The molecule has 0 spiro atoms. The van der Waals surface area contributed by atoms with Crippen molar-refractivity contribution in [3.8, 4) is 0 Å². The standard InChI is InChI=1S/BO.OSi/c2*1-2. The fourth-order valence-electron chi connectivity index (χ4n) is 0. The Labute approximate surface area is 28.1 Å². The average Bonchev–Trinajstić information content (AvgIpc) is 1.50. The van der Waals surface area contributed by atoms with Crippen molar-refractivity contribution in [1.82, 2.24) is 0 Å². The first-order valence-electron chi connectivity index (χ1n) is 0.440. The summed E-state index contributed by atoms with van der Waals surface area (Å²) in [5.41, 5.74) is 0. The van der Waals surface area contributed by atoms with E-state index in [1.165, 1.54) is 0 Å². The maximum atomic E-state index is 8.06. The number of hydrogen-bond acceptors (Lipinski definition) is 2. The third-order valence-electron chi connectivity index (χ3n) is 0. The second-order valence-electron chi connectivity index (χ2n) is 0. The summed E-state index contributed by atoms with van der Waals surface area (Å²) in [7, 11) is 4.97. The van der Waals surface area contributed by atoms with Crippen molar-refractivity contribution in [3.63, 3.8) is 0 Å². The van der Waals surface area contributed by atoms with Crippen LogP contribution in [0.4, 0.5) is 0 Å². The molecule has 0 aromatic carbocycles. The first-order valence-corrected chi connectivity index (χ1v) is 0.848. The summed E-state index contributed by atoms with van der Waals surface area (Å²) >= 11 is 0. The van der Waals surface area contributed by atoms with Crippen molar-refractivity contribution in [3.05, 3.63) is 0 Å². The van der Waals surface area contributed by atoms with Gasteiger partial charge in [-0.3, -0.25) is 0 Å². The molecule has 0 aliphatic carbocycles. The summed E-state index contributed by atoms with van der Waals surface area (Å²) < 4.78 is 15.8. The Morgan fingerprint density at radius 3 is 1.25 bits per heavy atom. The fraction of sp³-hybridized carbons (Fsp3) is 0. The second-order valence-corrected chi connectivity index (χ2v) is 0. The molecule has 0 fully saturated rings. The van der Waals surface area contributed by atoms with Gasteiger partial charge in [-0.05, 0) is 0 Å². The zero-order valence-corrected chi connectivity index (χ0v) is 2.89. The minimum absolute atomic E-state index is 1.72. The van der Waals surface area contributed by atoms with Crippen LogP contribution in [-0.2, 0) is 9.17 Å². The molecule has 0 atom stereocenters. The maximum absolute atomic E-state index is 8.06. The van der Waals surface area contributed by atoms with Crippen molar-refractivity contribution in [1.29, 1.82) is 0 Å². The molecule has 3 radical (unpaired) electrons.